The van der Waals surface area contributed by atoms with Gasteiger partial charge in [-0.1, -0.05) is 126 Å². The zero-order chi connectivity index (χ0) is 37.7. The van der Waals surface area contributed by atoms with Crippen molar-refractivity contribution in [1.29, 1.82) is 0 Å². The standard InChI is InChI=1S/C45H58N2O5/c1-31(2)25-39(46-43(51)36(22-21-33-15-9-6-10-16-33)29-38(48)28-35-19-13-8-14-20-35)41(49)30-37(27-34-17-11-7-12-18-34)44(52)47-40(26-32(3)4)42(50)45(5)23-24-45/h6-20,31-32,36-37,39-40H,21-30H2,1-5H3,(H,46,51)(H,47,52)/t36-,37?,39+,40?/m1/s1. The topological polar surface area (TPSA) is 109 Å². The Morgan fingerprint density at radius 1 is 0.615 bits per heavy atom. The van der Waals surface area contributed by atoms with Crippen LogP contribution in [0.25, 0.3) is 0 Å². The van der Waals surface area contributed by atoms with E-state index >= 15 is 0 Å². The van der Waals surface area contributed by atoms with E-state index in [0.29, 0.717) is 32.1 Å². The van der Waals surface area contributed by atoms with E-state index in [1.807, 2.05) is 126 Å². The first-order chi connectivity index (χ1) is 24.8. The summed E-state index contributed by atoms with van der Waals surface area (Å²) in [5, 5.41) is 6.12. The van der Waals surface area contributed by atoms with Crippen molar-refractivity contribution in [2.45, 2.75) is 111 Å². The minimum atomic E-state index is -0.819. The number of rotatable bonds is 22. The molecule has 7 heteroatoms. The molecular formula is C45H58N2O5. The molecule has 0 aromatic heterocycles. The molecule has 1 aliphatic carbocycles. The molecule has 52 heavy (non-hydrogen) atoms. The highest BCUT2D eigenvalue weighted by Gasteiger charge is 2.48. The highest BCUT2D eigenvalue weighted by molar-refractivity contribution is 5.97. The van der Waals surface area contributed by atoms with Crippen molar-refractivity contribution in [3.63, 3.8) is 0 Å². The van der Waals surface area contributed by atoms with Crippen LogP contribution in [-0.4, -0.2) is 41.2 Å². The van der Waals surface area contributed by atoms with Gasteiger partial charge in [0, 0.05) is 36.5 Å². The number of carbonyl (C=O) groups excluding carboxylic acids is 5. The van der Waals surface area contributed by atoms with Gasteiger partial charge in [0.25, 0.3) is 0 Å². The molecule has 4 atom stereocenters. The number of hydrogen-bond acceptors (Lipinski definition) is 5. The Labute approximate surface area is 310 Å². The van der Waals surface area contributed by atoms with Crippen LogP contribution in [0.2, 0.25) is 0 Å². The second-order valence-corrected chi connectivity index (χ2v) is 16.0. The average Bonchev–Trinajstić information content (AvgIpc) is 3.87. The van der Waals surface area contributed by atoms with Crippen LogP contribution < -0.4 is 10.6 Å². The van der Waals surface area contributed by atoms with E-state index in [2.05, 4.69) is 10.6 Å². The lowest BCUT2D eigenvalue weighted by atomic mass is 9.87. The van der Waals surface area contributed by atoms with Crippen LogP contribution in [0.15, 0.2) is 91.0 Å². The van der Waals surface area contributed by atoms with Gasteiger partial charge >= 0.3 is 0 Å². The highest BCUT2D eigenvalue weighted by Crippen LogP contribution is 2.47. The minimum Gasteiger partial charge on any atom is -0.346 e. The second kappa shape index (κ2) is 19.4. The molecule has 0 radical (unpaired) electrons. The Morgan fingerprint density at radius 3 is 1.63 bits per heavy atom. The smallest absolute Gasteiger partial charge is 0.224 e. The van der Waals surface area contributed by atoms with Gasteiger partial charge in [-0.05, 0) is 73.5 Å². The summed E-state index contributed by atoms with van der Waals surface area (Å²) in [5.41, 5.74) is 2.49. The third kappa shape index (κ3) is 13.0. The SMILES string of the molecule is CC(C)CC(NC(=O)C(CC(=O)[C@H](CC(C)C)NC(=O)[C@H](CCc1ccccc1)CC(=O)Cc1ccccc1)Cc1ccccc1)C(=O)C1(C)CC1. The van der Waals surface area contributed by atoms with Crippen molar-refractivity contribution in [2.75, 3.05) is 0 Å². The number of benzene rings is 3. The van der Waals surface area contributed by atoms with Crippen molar-refractivity contribution in [2.24, 2.45) is 29.1 Å². The Kier molecular flexibility index (Phi) is 15.1. The number of Topliss-reactive ketones (excluding diaryl/α,β-unsaturated/α-hetero) is 3. The third-order valence-corrected chi connectivity index (χ3v) is 10.2. The normalized spacial score (nSPS) is 15.7. The van der Waals surface area contributed by atoms with Gasteiger partial charge in [0.15, 0.2) is 11.6 Å². The van der Waals surface area contributed by atoms with Crippen LogP contribution in [0.5, 0.6) is 0 Å². The maximum atomic E-state index is 14.2. The predicted molar refractivity (Wildman–Crippen MR) is 206 cm³/mol. The van der Waals surface area contributed by atoms with Gasteiger partial charge in [-0.25, -0.2) is 0 Å². The fraction of sp³-hybridized carbons (Fsp3) is 0.489. The number of ketones is 3. The van der Waals surface area contributed by atoms with E-state index < -0.39 is 29.3 Å². The summed E-state index contributed by atoms with van der Waals surface area (Å²) in [4.78, 5) is 69.1. The zero-order valence-corrected chi connectivity index (χ0v) is 31.7. The molecule has 0 heterocycles. The first kappa shape index (κ1) is 40.4. The molecule has 1 saturated carbocycles. The fourth-order valence-electron chi connectivity index (χ4n) is 6.90. The van der Waals surface area contributed by atoms with E-state index in [4.69, 9.17) is 0 Å². The molecule has 7 nitrogen and oxygen atoms in total. The monoisotopic (exact) mass is 706 g/mol. The lowest BCUT2D eigenvalue weighted by Crippen LogP contribution is -2.49. The van der Waals surface area contributed by atoms with Crippen molar-refractivity contribution >= 4 is 29.2 Å². The van der Waals surface area contributed by atoms with E-state index in [0.717, 1.165) is 29.5 Å². The van der Waals surface area contributed by atoms with Gasteiger partial charge in [0.2, 0.25) is 11.8 Å². The van der Waals surface area contributed by atoms with E-state index in [1.165, 1.54) is 0 Å². The van der Waals surface area contributed by atoms with E-state index in [9.17, 15) is 24.0 Å². The lowest BCUT2D eigenvalue weighted by molar-refractivity contribution is -0.135. The molecular weight excluding hydrogens is 649 g/mol. The van der Waals surface area contributed by atoms with Gasteiger partial charge in [-0.15, -0.1) is 0 Å². The zero-order valence-electron chi connectivity index (χ0n) is 31.7. The van der Waals surface area contributed by atoms with Gasteiger partial charge < -0.3 is 10.6 Å². The summed E-state index contributed by atoms with van der Waals surface area (Å²) in [7, 11) is 0. The van der Waals surface area contributed by atoms with Crippen molar-refractivity contribution in [3.05, 3.63) is 108 Å². The first-order valence-corrected chi connectivity index (χ1v) is 19.1. The van der Waals surface area contributed by atoms with Crippen LogP contribution in [-0.2, 0) is 43.2 Å². The van der Waals surface area contributed by atoms with E-state index in [-0.39, 0.29) is 60.3 Å². The average molecular weight is 707 g/mol. The van der Waals surface area contributed by atoms with Crippen molar-refractivity contribution in [3.8, 4) is 0 Å². The quantitative estimate of drug-likeness (QED) is 0.111. The minimum absolute atomic E-state index is 0.0312. The summed E-state index contributed by atoms with van der Waals surface area (Å²) >= 11 is 0. The molecule has 2 unspecified atom stereocenters. The second-order valence-electron chi connectivity index (χ2n) is 16.0. The summed E-state index contributed by atoms with van der Waals surface area (Å²) in [6.45, 7) is 10.0. The first-order valence-electron chi connectivity index (χ1n) is 19.1. The van der Waals surface area contributed by atoms with Crippen LogP contribution in [0.3, 0.4) is 0 Å². The number of amides is 2. The summed E-state index contributed by atoms with van der Waals surface area (Å²) in [6.07, 6.45) is 4.21. The summed E-state index contributed by atoms with van der Waals surface area (Å²) in [5.74, 6) is -1.88. The number of hydrogen-bond donors (Lipinski definition) is 2. The van der Waals surface area contributed by atoms with Crippen LogP contribution in [0.4, 0.5) is 0 Å². The molecule has 0 saturated heterocycles. The number of carbonyl (C=O) groups is 5. The highest BCUT2D eigenvalue weighted by atomic mass is 16.2. The Morgan fingerprint density at radius 2 is 1.10 bits per heavy atom. The lowest BCUT2D eigenvalue weighted by Gasteiger charge is -2.27. The predicted octanol–water partition coefficient (Wildman–Crippen LogP) is 7.69. The molecule has 2 N–H and O–H groups in total. The molecule has 0 spiro atoms. The Hall–Kier alpha value is -4.39. The molecule has 3 aromatic carbocycles. The molecule has 0 aliphatic heterocycles. The maximum absolute atomic E-state index is 14.2. The molecule has 278 valence electrons. The van der Waals surface area contributed by atoms with Gasteiger partial charge in [0.05, 0.1) is 12.1 Å². The molecule has 3 aromatic rings. The van der Waals surface area contributed by atoms with Crippen LogP contribution in [0, 0.1) is 29.1 Å². The molecule has 1 fully saturated rings. The van der Waals surface area contributed by atoms with Gasteiger partial charge in [-0.2, -0.15) is 0 Å². The van der Waals surface area contributed by atoms with Crippen molar-refractivity contribution < 1.29 is 24.0 Å². The van der Waals surface area contributed by atoms with Gasteiger partial charge in [-0.3, -0.25) is 24.0 Å². The Bertz CT molecular complexity index is 1620. The van der Waals surface area contributed by atoms with Crippen LogP contribution >= 0.6 is 0 Å². The van der Waals surface area contributed by atoms with Gasteiger partial charge in [0.1, 0.15) is 5.78 Å². The Balaban J connectivity index is 1.53. The largest absolute Gasteiger partial charge is 0.346 e. The fourth-order valence-corrected chi connectivity index (χ4v) is 6.90. The third-order valence-electron chi connectivity index (χ3n) is 10.2. The maximum Gasteiger partial charge on any atom is 0.224 e. The summed E-state index contributed by atoms with van der Waals surface area (Å²) < 4.78 is 0. The summed E-state index contributed by atoms with van der Waals surface area (Å²) in [6, 6.07) is 27.5. The number of aryl methyl sites for hydroxylation is 1. The molecule has 2 amide bonds. The van der Waals surface area contributed by atoms with Crippen LogP contribution in [0.1, 0.15) is 96.3 Å². The molecule has 1 aliphatic rings. The molecule has 4 rings (SSSR count). The van der Waals surface area contributed by atoms with Crippen molar-refractivity contribution in [1.82, 2.24) is 10.6 Å². The molecule has 0 bridgehead atoms. The van der Waals surface area contributed by atoms with E-state index in [1.54, 1.807) is 0 Å². The number of nitrogens with one attached hydrogen (secondary N) is 2.